The molecule has 2 aromatic rings. The first-order valence-corrected chi connectivity index (χ1v) is 7.93. The molecule has 0 radical (unpaired) electrons. The van der Waals surface area contributed by atoms with Gasteiger partial charge in [-0.05, 0) is 47.1 Å². The van der Waals surface area contributed by atoms with Crippen molar-refractivity contribution in [3.63, 3.8) is 0 Å². The molecular weight excluding hydrogens is 367 g/mol. The molecule has 2 nitrogen and oxygen atoms in total. The van der Waals surface area contributed by atoms with Crippen molar-refractivity contribution in [2.24, 2.45) is 0 Å². The molecule has 1 aromatic heterocycles. The second kappa shape index (κ2) is 6.79. The van der Waals surface area contributed by atoms with E-state index in [-0.39, 0.29) is 6.04 Å². The molecule has 1 unspecified atom stereocenters. The first-order valence-electron chi connectivity index (χ1n) is 6.15. The number of anilines is 1. The Labute approximate surface area is 133 Å². The highest BCUT2D eigenvalue weighted by Gasteiger charge is 2.27. The van der Waals surface area contributed by atoms with Crippen LogP contribution in [0.15, 0.2) is 50.4 Å². The first-order chi connectivity index (χ1) is 9.85. The van der Waals surface area contributed by atoms with Crippen LogP contribution in [0.1, 0.15) is 18.7 Å². The quantitative estimate of drug-likeness (QED) is 0.657. The van der Waals surface area contributed by atoms with Gasteiger partial charge in [0.2, 0.25) is 0 Å². The minimum absolute atomic E-state index is 0.149. The molecule has 0 saturated heterocycles. The van der Waals surface area contributed by atoms with Crippen LogP contribution in [-0.4, -0.2) is 11.9 Å². The molecule has 1 N–H and O–H groups in total. The van der Waals surface area contributed by atoms with Gasteiger partial charge in [0, 0.05) is 10.6 Å². The van der Waals surface area contributed by atoms with Crippen molar-refractivity contribution in [3.05, 3.63) is 46.8 Å². The lowest BCUT2D eigenvalue weighted by Crippen LogP contribution is -2.11. The van der Waals surface area contributed by atoms with Crippen LogP contribution in [0.2, 0.25) is 0 Å². The van der Waals surface area contributed by atoms with Crippen LogP contribution < -0.4 is 5.32 Å². The Hall–Kier alpha value is -1.08. The third kappa shape index (κ3) is 5.00. The van der Waals surface area contributed by atoms with Gasteiger partial charge < -0.3 is 9.73 Å². The minimum atomic E-state index is -4.19. The molecular formula is C14H13BrF3NOS. The van der Waals surface area contributed by atoms with Crippen LogP contribution in [0.3, 0.4) is 0 Å². The molecule has 0 aliphatic carbocycles. The van der Waals surface area contributed by atoms with Crippen LogP contribution in [-0.2, 0) is 0 Å². The van der Waals surface area contributed by atoms with Crippen molar-refractivity contribution < 1.29 is 17.6 Å². The summed E-state index contributed by atoms with van der Waals surface area (Å²) in [6.07, 6.45) is -4.19. The van der Waals surface area contributed by atoms with E-state index in [0.29, 0.717) is 21.0 Å². The molecule has 0 saturated carbocycles. The second-order valence-electron chi connectivity index (χ2n) is 4.41. The Kier molecular flexibility index (Phi) is 5.27. The topological polar surface area (TPSA) is 25.2 Å². The fourth-order valence-electron chi connectivity index (χ4n) is 1.74. The van der Waals surface area contributed by atoms with E-state index in [1.54, 1.807) is 30.3 Å². The van der Waals surface area contributed by atoms with Gasteiger partial charge in [0.15, 0.2) is 4.67 Å². The maximum atomic E-state index is 12.3. The van der Waals surface area contributed by atoms with Gasteiger partial charge in [0.05, 0.1) is 11.8 Å². The van der Waals surface area contributed by atoms with Crippen molar-refractivity contribution in [1.82, 2.24) is 0 Å². The van der Waals surface area contributed by atoms with Gasteiger partial charge in [-0.15, -0.1) is 11.8 Å². The van der Waals surface area contributed by atoms with Crippen molar-refractivity contribution in [2.45, 2.75) is 24.0 Å². The number of hydrogen-bond acceptors (Lipinski definition) is 3. The maximum Gasteiger partial charge on any atom is 0.398 e. The molecule has 1 aromatic carbocycles. The summed E-state index contributed by atoms with van der Waals surface area (Å²) in [5, 5.41) is 3.17. The Morgan fingerprint density at radius 1 is 1.24 bits per heavy atom. The van der Waals surface area contributed by atoms with Gasteiger partial charge in [-0.3, -0.25) is 0 Å². The summed E-state index contributed by atoms with van der Waals surface area (Å²) in [7, 11) is 0. The zero-order chi connectivity index (χ0) is 15.5. The van der Waals surface area contributed by atoms with E-state index in [1.807, 2.05) is 13.0 Å². The van der Waals surface area contributed by atoms with E-state index in [9.17, 15) is 13.2 Å². The lowest BCUT2D eigenvalue weighted by molar-refractivity contribution is -0.105. The lowest BCUT2D eigenvalue weighted by Gasteiger charge is -2.16. The van der Waals surface area contributed by atoms with Crippen molar-refractivity contribution in [2.75, 3.05) is 11.1 Å². The minimum Gasteiger partial charge on any atom is -0.452 e. The number of hydrogen-bond donors (Lipinski definition) is 1. The molecule has 0 spiro atoms. The van der Waals surface area contributed by atoms with Crippen molar-refractivity contribution in [1.29, 1.82) is 0 Å². The van der Waals surface area contributed by atoms with Gasteiger partial charge >= 0.3 is 6.18 Å². The normalized spacial score (nSPS) is 13.2. The fourth-order valence-corrected chi connectivity index (χ4v) is 2.83. The molecule has 0 aliphatic heterocycles. The number of thioether (sulfide) groups is 1. The summed E-state index contributed by atoms with van der Waals surface area (Å²) in [5.41, 5.74) is 0.659. The number of alkyl halides is 3. The van der Waals surface area contributed by atoms with E-state index in [4.69, 9.17) is 4.42 Å². The van der Waals surface area contributed by atoms with Crippen molar-refractivity contribution >= 4 is 33.4 Å². The molecule has 1 heterocycles. The summed E-state index contributed by atoms with van der Waals surface area (Å²) in [5.74, 6) is -0.204. The molecule has 0 aliphatic rings. The van der Waals surface area contributed by atoms with Gasteiger partial charge in [-0.1, -0.05) is 12.1 Å². The predicted octanol–water partition coefficient (Wildman–Crippen LogP) is 5.87. The number of furan rings is 1. The van der Waals surface area contributed by atoms with Crippen LogP contribution in [0.5, 0.6) is 0 Å². The number of nitrogens with one attached hydrogen (secondary N) is 1. The van der Waals surface area contributed by atoms with Gasteiger partial charge in [-0.25, -0.2) is 0 Å². The van der Waals surface area contributed by atoms with Crippen LogP contribution in [0.4, 0.5) is 18.9 Å². The Bertz CT molecular complexity index is 600. The van der Waals surface area contributed by atoms with Gasteiger partial charge in [0.1, 0.15) is 5.76 Å². The third-order valence-corrected chi connectivity index (χ3v) is 4.24. The highest BCUT2D eigenvalue weighted by molar-refractivity contribution is 9.10. The average Bonchev–Trinajstić information content (AvgIpc) is 2.83. The summed E-state index contributed by atoms with van der Waals surface area (Å²) in [6, 6.07) is 10.4. The standard InChI is InChI=1S/C14H13BrF3NOS/c1-9(11-6-7-13(15)20-11)19-10-4-2-3-5-12(10)21-8-14(16,17)18/h2-7,9,19H,8H2,1H3. The van der Waals surface area contributed by atoms with Gasteiger partial charge in [0.25, 0.3) is 0 Å². The highest BCUT2D eigenvalue weighted by Crippen LogP contribution is 2.34. The zero-order valence-corrected chi connectivity index (χ0v) is 13.5. The zero-order valence-electron chi connectivity index (χ0n) is 11.1. The molecule has 0 bridgehead atoms. The smallest absolute Gasteiger partial charge is 0.398 e. The van der Waals surface area contributed by atoms with E-state index in [2.05, 4.69) is 21.2 Å². The Morgan fingerprint density at radius 2 is 1.95 bits per heavy atom. The molecule has 1 atom stereocenters. The molecule has 0 amide bonds. The molecule has 7 heteroatoms. The monoisotopic (exact) mass is 379 g/mol. The van der Waals surface area contributed by atoms with E-state index in [0.717, 1.165) is 11.8 Å². The summed E-state index contributed by atoms with van der Waals surface area (Å²) >= 11 is 3.99. The largest absolute Gasteiger partial charge is 0.452 e. The Morgan fingerprint density at radius 3 is 2.57 bits per heavy atom. The molecule has 114 valence electrons. The van der Waals surface area contributed by atoms with E-state index in [1.165, 1.54) is 0 Å². The molecule has 2 rings (SSSR count). The maximum absolute atomic E-state index is 12.3. The first kappa shape index (κ1) is 16.3. The summed E-state index contributed by atoms with van der Waals surface area (Å²) in [4.78, 5) is 0.562. The number of para-hydroxylation sites is 1. The van der Waals surface area contributed by atoms with Gasteiger partial charge in [-0.2, -0.15) is 13.2 Å². The van der Waals surface area contributed by atoms with Crippen molar-refractivity contribution in [3.8, 4) is 0 Å². The van der Waals surface area contributed by atoms with Crippen LogP contribution in [0.25, 0.3) is 0 Å². The average molecular weight is 380 g/mol. The number of halogens is 4. The summed E-state index contributed by atoms with van der Waals surface area (Å²) < 4.78 is 43.1. The van der Waals surface area contributed by atoms with Crippen LogP contribution in [0, 0.1) is 0 Å². The summed E-state index contributed by atoms with van der Waals surface area (Å²) in [6.45, 7) is 1.89. The Balaban J connectivity index is 2.09. The third-order valence-electron chi connectivity index (χ3n) is 2.67. The SMILES string of the molecule is CC(Nc1ccccc1SCC(F)(F)F)c1ccc(Br)o1. The van der Waals surface area contributed by atoms with E-state index >= 15 is 0 Å². The fraction of sp³-hybridized carbons (Fsp3) is 0.286. The predicted molar refractivity (Wildman–Crippen MR) is 81.7 cm³/mol. The molecule has 21 heavy (non-hydrogen) atoms. The highest BCUT2D eigenvalue weighted by atomic mass is 79.9. The van der Waals surface area contributed by atoms with Crippen LogP contribution >= 0.6 is 27.7 Å². The lowest BCUT2D eigenvalue weighted by atomic mass is 10.2. The van der Waals surface area contributed by atoms with E-state index < -0.39 is 11.9 Å². The number of benzene rings is 1. The number of rotatable bonds is 5. The molecule has 0 fully saturated rings. The second-order valence-corrected chi connectivity index (χ2v) is 6.21.